The minimum Gasteiger partial charge on any atom is -0.314 e. The molecule has 1 aromatic rings. The molecule has 1 aliphatic carbocycles. The molecule has 1 aromatic carbocycles. The molecule has 2 atom stereocenters. The summed E-state index contributed by atoms with van der Waals surface area (Å²) in [5.41, 5.74) is 1.23. The topological polar surface area (TPSA) is 12.0 Å². The average Bonchev–Trinajstić information content (AvgIpc) is 2.35. The Morgan fingerprint density at radius 2 is 2.00 bits per heavy atom. The van der Waals surface area contributed by atoms with Crippen molar-refractivity contribution in [3.8, 4) is 0 Å². The standard InChI is InChI=1S/C15H21Cl2N/c1-2-18-15-6-4-3-5-12(15)9-11-7-8-13(16)10-14(11)17/h7-8,10,12,15,18H,2-6,9H2,1H3. The van der Waals surface area contributed by atoms with Gasteiger partial charge in [0, 0.05) is 16.1 Å². The fourth-order valence-electron chi connectivity index (χ4n) is 2.95. The van der Waals surface area contributed by atoms with Crippen molar-refractivity contribution in [3.05, 3.63) is 33.8 Å². The van der Waals surface area contributed by atoms with E-state index in [2.05, 4.69) is 18.3 Å². The van der Waals surface area contributed by atoms with E-state index in [-0.39, 0.29) is 0 Å². The number of hydrogen-bond donors (Lipinski definition) is 1. The van der Waals surface area contributed by atoms with Crippen molar-refractivity contribution in [3.63, 3.8) is 0 Å². The molecule has 0 aromatic heterocycles. The van der Waals surface area contributed by atoms with Crippen molar-refractivity contribution in [2.24, 2.45) is 5.92 Å². The lowest BCUT2D eigenvalue weighted by Crippen LogP contribution is -2.39. The quantitative estimate of drug-likeness (QED) is 0.845. The van der Waals surface area contributed by atoms with Crippen LogP contribution in [0.2, 0.25) is 10.0 Å². The normalized spacial score (nSPS) is 24.2. The molecule has 1 N–H and O–H groups in total. The Kier molecular flexibility index (Phi) is 5.35. The smallest absolute Gasteiger partial charge is 0.0452 e. The molecule has 0 radical (unpaired) electrons. The van der Waals surface area contributed by atoms with Crippen LogP contribution in [0.1, 0.15) is 38.2 Å². The van der Waals surface area contributed by atoms with Crippen LogP contribution in [0.25, 0.3) is 0 Å². The van der Waals surface area contributed by atoms with E-state index in [1.165, 1.54) is 31.2 Å². The molecule has 1 saturated carbocycles. The molecular formula is C15H21Cl2N. The molecular weight excluding hydrogens is 265 g/mol. The van der Waals surface area contributed by atoms with Gasteiger partial charge in [-0.15, -0.1) is 0 Å². The minimum absolute atomic E-state index is 0.649. The monoisotopic (exact) mass is 285 g/mol. The summed E-state index contributed by atoms with van der Waals surface area (Å²) in [7, 11) is 0. The van der Waals surface area contributed by atoms with Crippen LogP contribution in [0.15, 0.2) is 18.2 Å². The van der Waals surface area contributed by atoms with Gasteiger partial charge in [-0.25, -0.2) is 0 Å². The first-order chi connectivity index (χ1) is 8.70. The highest BCUT2D eigenvalue weighted by molar-refractivity contribution is 6.35. The molecule has 0 spiro atoms. The van der Waals surface area contributed by atoms with Crippen LogP contribution in [0.5, 0.6) is 0 Å². The van der Waals surface area contributed by atoms with E-state index < -0.39 is 0 Å². The third-order valence-corrected chi connectivity index (χ3v) is 4.46. The molecule has 18 heavy (non-hydrogen) atoms. The van der Waals surface area contributed by atoms with E-state index in [1.807, 2.05) is 12.1 Å². The van der Waals surface area contributed by atoms with E-state index in [4.69, 9.17) is 23.2 Å². The molecule has 0 heterocycles. The maximum Gasteiger partial charge on any atom is 0.0452 e. The first kappa shape index (κ1) is 14.2. The van der Waals surface area contributed by atoms with Crippen molar-refractivity contribution < 1.29 is 0 Å². The Morgan fingerprint density at radius 1 is 1.22 bits per heavy atom. The minimum atomic E-state index is 0.649. The van der Waals surface area contributed by atoms with Crippen LogP contribution in [-0.2, 0) is 6.42 Å². The molecule has 0 amide bonds. The van der Waals surface area contributed by atoms with E-state index >= 15 is 0 Å². The molecule has 100 valence electrons. The lowest BCUT2D eigenvalue weighted by molar-refractivity contribution is 0.264. The fraction of sp³-hybridized carbons (Fsp3) is 0.600. The number of hydrogen-bond acceptors (Lipinski definition) is 1. The molecule has 3 heteroatoms. The zero-order valence-electron chi connectivity index (χ0n) is 10.9. The highest BCUT2D eigenvalue weighted by atomic mass is 35.5. The lowest BCUT2D eigenvalue weighted by Gasteiger charge is -2.32. The van der Waals surface area contributed by atoms with Gasteiger partial charge in [-0.05, 0) is 49.4 Å². The lowest BCUT2D eigenvalue weighted by atomic mass is 9.80. The fourth-order valence-corrected chi connectivity index (χ4v) is 3.44. The van der Waals surface area contributed by atoms with Gasteiger partial charge < -0.3 is 5.32 Å². The van der Waals surface area contributed by atoms with Gasteiger partial charge in [0.25, 0.3) is 0 Å². The molecule has 2 rings (SSSR count). The van der Waals surface area contributed by atoms with Crippen molar-refractivity contribution in [1.82, 2.24) is 5.32 Å². The first-order valence-electron chi connectivity index (χ1n) is 6.88. The summed E-state index contributed by atoms with van der Waals surface area (Å²) in [6, 6.07) is 6.51. The van der Waals surface area contributed by atoms with Crippen LogP contribution in [0.3, 0.4) is 0 Å². The summed E-state index contributed by atoms with van der Waals surface area (Å²) < 4.78 is 0. The van der Waals surface area contributed by atoms with Crippen molar-refractivity contribution in [1.29, 1.82) is 0 Å². The van der Waals surface area contributed by atoms with E-state index in [0.717, 1.165) is 23.0 Å². The molecule has 1 fully saturated rings. The van der Waals surface area contributed by atoms with Gasteiger partial charge in [-0.2, -0.15) is 0 Å². The summed E-state index contributed by atoms with van der Waals surface area (Å²) in [5.74, 6) is 0.706. The van der Waals surface area contributed by atoms with Crippen molar-refractivity contribution >= 4 is 23.2 Å². The zero-order valence-corrected chi connectivity index (χ0v) is 12.4. The van der Waals surface area contributed by atoms with Crippen LogP contribution in [0.4, 0.5) is 0 Å². The van der Waals surface area contributed by atoms with Crippen molar-refractivity contribution in [2.45, 2.75) is 45.1 Å². The summed E-state index contributed by atoms with van der Waals surface area (Å²) in [6.07, 6.45) is 6.36. The number of rotatable bonds is 4. The van der Waals surface area contributed by atoms with Gasteiger partial charge in [0.2, 0.25) is 0 Å². The van der Waals surface area contributed by atoms with Crippen LogP contribution < -0.4 is 5.32 Å². The van der Waals surface area contributed by atoms with Gasteiger partial charge >= 0.3 is 0 Å². The molecule has 2 unspecified atom stereocenters. The SMILES string of the molecule is CCNC1CCCCC1Cc1ccc(Cl)cc1Cl. The third kappa shape index (κ3) is 3.63. The summed E-state index contributed by atoms with van der Waals surface area (Å²) in [4.78, 5) is 0. The highest BCUT2D eigenvalue weighted by Crippen LogP contribution is 2.30. The maximum absolute atomic E-state index is 6.27. The van der Waals surface area contributed by atoms with Crippen LogP contribution >= 0.6 is 23.2 Å². The van der Waals surface area contributed by atoms with Gasteiger partial charge in [0.15, 0.2) is 0 Å². The van der Waals surface area contributed by atoms with E-state index in [0.29, 0.717) is 12.0 Å². The Bertz CT molecular complexity index is 390. The second-order valence-electron chi connectivity index (χ2n) is 5.15. The summed E-state index contributed by atoms with van der Waals surface area (Å²) >= 11 is 12.2. The molecule has 1 nitrogen and oxygen atoms in total. The van der Waals surface area contributed by atoms with Gasteiger partial charge in [-0.3, -0.25) is 0 Å². The van der Waals surface area contributed by atoms with Gasteiger partial charge in [-0.1, -0.05) is 49.0 Å². The Morgan fingerprint density at radius 3 is 2.72 bits per heavy atom. The molecule has 0 bridgehead atoms. The number of halogens is 2. The van der Waals surface area contributed by atoms with Gasteiger partial charge in [0.05, 0.1) is 0 Å². The van der Waals surface area contributed by atoms with E-state index in [1.54, 1.807) is 0 Å². The first-order valence-corrected chi connectivity index (χ1v) is 7.63. The second-order valence-corrected chi connectivity index (χ2v) is 5.99. The second kappa shape index (κ2) is 6.79. The zero-order chi connectivity index (χ0) is 13.0. The van der Waals surface area contributed by atoms with Crippen molar-refractivity contribution in [2.75, 3.05) is 6.54 Å². The van der Waals surface area contributed by atoms with E-state index in [9.17, 15) is 0 Å². The van der Waals surface area contributed by atoms with Crippen LogP contribution in [0, 0.1) is 5.92 Å². The van der Waals surface area contributed by atoms with Crippen LogP contribution in [-0.4, -0.2) is 12.6 Å². The predicted octanol–water partition coefficient (Wildman–Crippen LogP) is 4.70. The maximum atomic E-state index is 6.27. The predicted molar refractivity (Wildman–Crippen MR) is 79.6 cm³/mol. The Hall–Kier alpha value is -0.240. The average molecular weight is 286 g/mol. The molecule has 0 aliphatic heterocycles. The number of nitrogens with one attached hydrogen (secondary N) is 1. The summed E-state index contributed by atoms with van der Waals surface area (Å²) in [6.45, 7) is 3.23. The Labute approximate surface area is 120 Å². The summed E-state index contributed by atoms with van der Waals surface area (Å²) in [5, 5.41) is 5.14. The van der Waals surface area contributed by atoms with Gasteiger partial charge in [0.1, 0.15) is 0 Å². The highest BCUT2D eigenvalue weighted by Gasteiger charge is 2.24. The molecule has 0 saturated heterocycles. The Balaban J connectivity index is 2.06. The molecule has 1 aliphatic rings. The third-order valence-electron chi connectivity index (χ3n) is 3.87. The number of benzene rings is 1. The largest absolute Gasteiger partial charge is 0.314 e.